The van der Waals surface area contributed by atoms with Gasteiger partial charge in [-0.25, -0.2) is 9.18 Å². The van der Waals surface area contributed by atoms with Crippen LogP contribution in [0.5, 0.6) is 0 Å². The largest absolute Gasteiger partial charge is 0.436 e. The van der Waals surface area contributed by atoms with Crippen LogP contribution in [0, 0.1) is 10.8 Å². The fourth-order valence-electron chi connectivity index (χ4n) is 2.73. The van der Waals surface area contributed by atoms with E-state index in [0.717, 1.165) is 25.7 Å². The van der Waals surface area contributed by atoms with Crippen molar-refractivity contribution in [3.05, 3.63) is 0 Å². The van der Waals surface area contributed by atoms with Crippen LogP contribution in [0.2, 0.25) is 0 Å². The van der Waals surface area contributed by atoms with Gasteiger partial charge in [0.15, 0.2) is 6.79 Å². The van der Waals surface area contributed by atoms with Gasteiger partial charge in [0.2, 0.25) is 5.67 Å². The van der Waals surface area contributed by atoms with Gasteiger partial charge in [0, 0.05) is 5.41 Å². The van der Waals surface area contributed by atoms with Crippen LogP contribution in [0.1, 0.15) is 73.6 Å². The molecule has 1 aliphatic rings. The van der Waals surface area contributed by atoms with Crippen LogP contribution in [0.15, 0.2) is 0 Å². The molecule has 0 aromatic heterocycles. The predicted octanol–water partition coefficient (Wildman–Crippen LogP) is 4.64. The lowest BCUT2D eigenvalue weighted by Gasteiger charge is -2.39. The van der Waals surface area contributed by atoms with Crippen molar-refractivity contribution in [3.63, 3.8) is 0 Å². The van der Waals surface area contributed by atoms with Crippen LogP contribution in [0.3, 0.4) is 0 Å². The van der Waals surface area contributed by atoms with Crippen LogP contribution in [0.25, 0.3) is 0 Å². The highest BCUT2D eigenvalue weighted by molar-refractivity contribution is 5.80. The second-order valence-electron chi connectivity index (χ2n) is 8.41. The smallest absolute Gasteiger partial charge is 0.346 e. The highest BCUT2D eigenvalue weighted by Crippen LogP contribution is 2.43. The fourth-order valence-corrected chi connectivity index (χ4v) is 2.73. The third-order valence-electron chi connectivity index (χ3n) is 4.08. The van der Waals surface area contributed by atoms with E-state index in [9.17, 15) is 4.79 Å². The van der Waals surface area contributed by atoms with Crippen molar-refractivity contribution < 1.29 is 18.7 Å². The van der Waals surface area contributed by atoms with Gasteiger partial charge in [-0.05, 0) is 24.7 Å². The third-order valence-corrected chi connectivity index (χ3v) is 4.08. The number of hydrogen-bond donors (Lipinski definition) is 0. The molecule has 1 atom stereocenters. The van der Waals surface area contributed by atoms with Gasteiger partial charge in [0.25, 0.3) is 0 Å². The summed E-state index contributed by atoms with van der Waals surface area (Å²) >= 11 is 0. The number of esters is 1. The molecule has 0 saturated heterocycles. The molecule has 0 spiro atoms. The molecular formula is C17H31FO3. The van der Waals surface area contributed by atoms with Crippen LogP contribution in [-0.2, 0) is 14.3 Å². The molecule has 3 nitrogen and oxygen atoms in total. The Balaban J connectivity index is 2.63. The Bertz CT molecular complexity index is 348. The zero-order valence-corrected chi connectivity index (χ0v) is 14.4. The van der Waals surface area contributed by atoms with E-state index in [4.69, 9.17) is 9.47 Å². The molecule has 0 heterocycles. The molecule has 1 saturated carbocycles. The molecule has 124 valence electrons. The van der Waals surface area contributed by atoms with Crippen molar-refractivity contribution in [2.75, 3.05) is 6.79 Å². The Hall–Kier alpha value is -0.640. The number of ether oxygens (including phenoxy) is 2. The van der Waals surface area contributed by atoms with E-state index in [-0.39, 0.29) is 24.7 Å². The summed E-state index contributed by atoms with van der Waals surface area (Å²) in [7, 11) is 0. The first-order valence-electron chi connectivity index (χ1n) is 7.93. The number of halogens is 1. The molecule has 1 fully saturated rings. The summed E-state index contributed by atoms with van der Waals surface area (Å²) in [5.41, 5.74) is -3.12. The Morgan fingerprint density at radius 2 is 1.62 bits per heavy atom. The number of rotatable bonds is 5. The number of alkyl halides is 1. The molecule has 1 rings (SSSR count). The zero-order valence-electron chi connectivity index (χ0n) is 14.4. The molecule has 4 heteroatoms. The van der Waals surface area contributed by atoms with Gasteiger partial charge in [0.1, 0.15) is 0 Å². The SMILES string of the molecule is CC(C)(C)CC(F)(C(=O)OCOC1CCCC1)C(C)(C)C. The summed E-state index contributed by atoms with van der Waals surface area (Å²) in [4.78, 5) is 12.3. The maximum absolute atomic E-state index is 15.4. The van der Waals surface area contributed by atoms with E-state index in [1.165, 1.54) is 0 Å². The second-order valence-corrected chi connectivity index (χ2v) is 8.41. The maximum atomic E-state index is 15.4. The summed E-state index contributed by atoms with van der Waals surface area (Å²) in [5.74, 6) is -0.803. The summed E-state index contributed by atoms with van der Waals surface area (Å²) < 4.78 is 26.0. The highest BCUT2D eigenvalue weighted by Gasteiger charge is 2.52. The fraction of sp³-hybridized carbons (Fsp3) is 0.941. The van der Waals surface area contributed by atoms with Crippen molar-refractivity contribution in [1.29, 1.82) is 0 Å². The maximum Gasteiger partial charge on any atom is 0.346 e. The average Bonchev–Trinajstić information content (AvgIpc) is 2.77. The van der Waals surface area contributed by atoms with Crippen LogP contribution >= 0.6 is 0 Å². The number of hydrogen-bond acceptors (Lipinski definition) is 3. The summed E-state index contributed by atoms with van der Waals surface area (Å²) in [6, 6.07) is 0. The van der Waals surface area contributed by atoms with E-state index in [2.05, 4.69) is 0 Å². The number of carbonyl (C=O) groups excluding carboxylic acids is 1. The van der Waals surface area contributed by atoms with E-state index in [1.807, 2.05) is 20.8 Å². The standard InChI is InChI=1S/C17H31FO3/c1-15(2,3)11-17(18,16(4,5)6)14(19)21-12-20-13-9-7-8-10-13/h13H,7-12H2,1-6H3. The highest BCUT2D eigenvalue weighted by atomic mass is 19.1. The quantitative estimate of drug-likeness (QED) is 0.548. The molecule has 0 bridgehead atoms. The molecule has 0 amide bonds. The minimum Gasteiger partial charge on any atom is -0.436 e. The monoisotopic (exact) mass is 302 g/mol. The minimum absolute atomic E-state index is 0.131. The minimum atomic E-state index is -2.01. The molecule has 0 N–H and O–H groups in total. The van der Waals surface area contributed by atoms with E-state index < -0.39 is 17.1 Å². The van der Waals surface area contributed by atoms with Crippen molar-refractivity contribution >= 4 is 5.97 Å². The molecule has 1 unspecified atom stereocenters. The molecule has 0 aromatic carbocycles. The lowest BCUT2D eigenvalue weighted by atomic mass is 9.70. The van der Waals surface area contributed by atoms with Crippen LogP contribution < -0.4 is 0 Å². The molecule has 0 radical (unpaired) electrons. The van der Waals surface area contributed by atoms with Crippen molar-refractivity contribution in [1.82, 2.24) is 0 Å². The van der Waals surface area contributed by atoms with E-state index >= 15 is 4.39 Å². The van der Waals surface area contributed by atoms with Gasteiger partial charge in [-0.2, -0.15) is 0 Å². The summed E-state index contributed by atoms with van der Waals surface area (Å²) in [5, 5.41) is 0. The molecule has 21 heavy (non-hydrogen) atoms. The van der Waals surface area contributed by atoms with Gasteiger partial charge in [-0.15, -0.1) is 0 Å². The van der Waals surface area contributed by atoms with E-state index in [1.54, 1.807) is 20.8 Å². The average molecular weight is 302 g/mol. The molecule has 0 aliphatic heterocycles. The molecule has 1 aliphatic carbocycles. The zero-order chi connectivity index (χ0) is 16.3. The summed E-state index contributed by atoms with van der Waals surface area (Å²) in [6.45, 7) is 10.8. The van der Waals surface area contributed by atoms with Gasteiger partial charge in [-0.1, -0.05) is 54.4 Å². The van der Waals surface area contributed by atoms with Crippen LogP contribution in [0.4, 0.5) is 4.39 Å². The molecule has 0 aromatic rings. The Morgan fingerprint density at radius 3 is 2.05 bits per heavy atom. The van der Waals surface area contributed by atoms with Crippen molar-refractivity contribution in [2.24, 2.45) is 10.8 Å². The van der Waals surface area contributed by atoms with E-state index in [0.29, 0.717) is 0 Å². The normalized spacial score (nSPS) is 20.3. The van der Waals surface area contributed by atoms with Gasteiger partial charge < -0.3 is 9.47 Å². The lowest BCUT2D eigenvalue weighted by molar-refractivity contribution is -0.185. The molecular weight excluding hydrogens is 271 g/mol. The first-order valence-corrected chi connectivity index (χ1v) is 7.93. The first-order chi connectivity index (χ1) is 9.46. The van der Waals surface area contributed by atoms with Crippen LogP contribution in [-0.4, -0.2) is 24.5 Å². The van der Waals surface area contributed by atoms with Gasteiger partial charge >= 0.3 is 5.97 Å². The second kappa shape index (κ2) is 6.64. The van der Waals surface area contributed by atoms with Gasteiger partial charge in [-0.3, -0.25) is 0 Å². The Labute approximate surface area is 128 Å². The first kappa shape index (κ1) is 18.4. The topological polar surface area (TPSA) is 35.5 Å². The third kappa shape index (κ3) is 5.24. The summed E-state index contributed by atoms with van der Waals surface area (Å²) in [6.07, 6.45) is 4.59. The van der Waals surface area contributed by atoms with Gasteiger partial charge in [0.05, 0.1) is 6.10 Å². The predicted molar refractivity (Wildman–Crippen MR) is 81.7 cm³/mol. The van der Waals surface area contributed by atoms with Crippen molar-refractivity contribution in [2.45, 2.75) is 85.4 Å². The lowest BCUT2D eigenvalue weighted by Crippen LogP contribution is -2.49. The van der Waals surface area contributed by atoms with Crippen molar-refractivity contribution in [3.8, 4) is 0 Å². The Kier molecular flexibility index (Phi) is 5.82. The number of carbonyl (C=O) groups is 1. The Morgan fingerprint density at radius 1 is 1.10 bits per heavy atom.